The van der Waals surface area contributed by atoms with Gasteiger partial charge in [-0.2, -0.15) is 0 Å². The van der Waals surface area contributed by atoms with Crippen molar-refractivity contribution in [2.24, 2.45) is 0 Å². The Morgan fingerprint density at radius 2 is 2.20 bits per heavy atom. The Bertz CT molecular complexity index is 554. The molecular formula is C15H20ClN3O. The maximum atomic E-state index is 6.25. The molecule has 0 spiro atoms. The minimum Gasteiger partial charge on any atom is -0.486 e. The molecule has 1 heterocycles. The number of ether oxygens (including phenoxy) is 1. The number of rotatable bonds is 7. The van der Waals surface area contributed by atoms with Crippen LogP contribution >= 0.6 is 11.6 Å². The predicted octanol–water partition coefficient (Wildman–Crippen LogP) is 3.24. The first kappa shape index (κ1) is 14.9. The van der Waals surface area contributed by atoms with Crippen LogP contribution in [0.3, 0.4) is 0 Å². The van der Waals surface area contributed by atoms with Crippen molar-refractivity contribution in [3.8, 4) is 5.75 Å². The summed E-state index contributed by atoms with van der Waals surface area (Å²) in [5, 5.41) is 3.91. The van der Waals surface area contributed by atoms with E-state index in [2.05, 4.69) is 24.1 Å². The van der Waals surface area contributed by atoms with Gasteiger partial charge in [-0.1, -0.05) is 24.6 Å². The summed E-state index contributed by atoms with van der Waals surface area (Å²) in [6.45, 7) is 7.27. The number of nitrogens with one attached hydrogen (secondary N) is 1. The van der Waals surface area contributed by atoms with E-state index in [9.17, 15) is 0 Å². The molecule has 0 bridgehead atoms. The third-order valence-corrected chi connectivity index (χ3v) is 3.39. The lowest BCUT2D eigenvalue weighted by Gasteiger charge is -2.11. The normalized spacial score (nSPS) is 10.8. The zero-order valence-electron chi connectivity index (χ0n) is 11.9. The number of aryl methyl sites for hydroxylation is 1. The first-order valence-corrected chi connectivity index (χ1v) is 7.23. The molecule has 5 heteroatoms. The second-order valence-corrected chi connectivity index (χ2v) is 4.91. The van der Waals surface area contributed by atoms with Crippen molar-refractivity contribution >= 4 is 11.6 Å². The molecule has 0 amide bonds. The van der Waals surface area contributed by atoms with Gasteiger partial charge in [0.15, 0.2) is 0 Å². The highest BCUT2D eigenvalue weighted by Crippen LogP contribution is 2.26. The topological polar surface area (TPSA) is 39.1 Å². The molecule has 1 aromatic heterocycles. The summed E-state index contributed by atoms with van der Waals surface area (Å²) in [6.07, 6.45) is 3.62. The monoisotopic (exact) mass is 293 g/mol. The summed E-state index contributed by atoms with van der Waals surface area (Å²) in [6, 6.07) is 5.89. The molecule has 0 saturated heterocycles. The fourth-order valence-corrected chi connectivity index (χ4v) is 2.20. The molecule has 1 aromatic carbocycles. The van der Waals surface area contributed by atoms with E-state index in [1.54, 1.807) is 6.33 Å². The van der Waals surface area contributed by atoms with Crippen LogP contribution in [-0.4, -0.2) is 16.1 Å². The molecule has 20 heavy (non-hydrogen) atoms. The van der Waals surface area contributed by atoms with Gasteiger partial charge in [0, 0.05) is 13.1 Å². The maximum Gasteiger partial charge on any atom is 0.138 e. The fourth-order valence-electron chi connectivity index (χ4n) is 1.95. The summed E-state index contributed by atoms with van der Waals surface area (Å²) in [5.74, 6) is 0.704. The third kappa shape index (κ3) is 3.74. The lowest BCUT2D eigenvalue weighted by molar-refractivity contribution is 0.295. The standard InChI is InChI=1S/C15H20ClN3O/c1-3-17-8-12-5-6-15(14(16)7-12)20-10-13-9-18-11-19(13)4-2/h5-7,9,11,17H,3-4,8,10H2,1-2H3. The van der Waals surface area contributed by atoms with Gasteiger partial charge in [-0.25, -0.2) is 4.98 Å². The molecule has 2 aromatic rings. The van der Waals surface area contributed by atoms with E-state index in [4.69, 9.17) is 16.3 Å². The Hall–Kier alpha value is -1.52. The molecule has 0 aliphatic rings. The van der Waals surface area contributed by atoms with Crippen molar-refractivity contribution in [1.82, 2.24) is 14.9 Å². The van der Waals surface area contributed by atoms with E-state index in [0.717, 1.165) is 30.9 Å². The van der Waals surface area contributed by atoms with Gasteiger partial charge >= 0.3 is 0 Å². The highest BCUT2D eigenvalue weighted by atomic mass is 35.5. The van der Waals surface area contributed by atoms with E-state index < -0.39 is 0 Å². The van der Waals surface area contributed by atoms with Gasteiger partial charge in [0.1, 0.15) is 12.4 Å². The fraction of sp³-hybridized carbons (Fsp3) is 0.400. The Morgan fingerprint density at radius 3 is 2.90 bits per heavy atom. The first-order valence-electron chi connectivity index (χ1n) is 6.85. The number of nitrogens with zero attached hydrogens (tertiary/aromatic N) is 2. The van der Waals surface area contributed by atoms with Crippen molar-refractivity contribution in [3.05, 3.63) is 47.0 Å². The molecule has 0 unspecified atom stereocenters. The van der Waals surface area contributed by atoms with E-state index in [1.807, 2.05) is 29.0 Å². The van der Waals surface area contributed by atoms with Crippen molar-refractivity contribution in [2.45, 2.75) is 33.5 Å². The minimum absolute atomic E-state index is 0.472. The van der Waals surface area contributed by atoms with Crippen molar-refractivity contribution in [2.75, 3.05) is 6.54 Å². The molecule has 1 N–H and O–H groups in total. The summed E-state index contributed by atoms with van der Waals surface area (Å²) >= 11 is 6.25. The molecule has 0 aliphatic heterocycles. The number of aromatic nitrogens is 2. The van der Waals surface area contributed by atoms with Crippen LogP contribution < -0.4 is 10.1 Å². The number of imidazole rings is 1. The second-order valence-electron chi connectivity index (χ2n) is 4.50. The second kappa shape index (κ2) is 7.31. The van der Waals surface area contributed by atoms with Crippen molar-refractivity contribution < 1.29 is 4.74 Å². The van der Waals surface area contributed by atoms with Crippen LogP contribution in [0.4, 0.5) is 0 Å². The molecule has 0 fully saturated rings. The molecule has 4 nitrogen and oxygen atoms in total. The number of benzene rings is 1. The van der Waals surface area contributed by atoms with Crippen LogP contribution in [0, 0.1) is 0 Å². The zero-order valence-corrected chi connectivity index (χ0v) is 12.7. The molecule has 0 radical (unpaired) electrons. The molecule has 108 valence electrons. The van der Waals surface area contributed by atoms with Gasteiger partial charge in [0.2, 0.25) is 0 Å². The first-order chi connectivity index (χ1) is 9.74. The van der Waals surface area contributed by atoms with Gasteiger partial charge in [-0.05, 0) is 31.2 Å². The third-order valence-electron chi connectivity index (χ3n) is 3.09. The minimum atomic E-state index is 0.472. The average Bonchev–Trinajstić information content (AvgIpc) is 2.91. The van der Waals surface area contributed by atoms with Gasteiger partial charge in [0.05, 0.1) is 23.2 Å². The average molecular weight is 294 g/mol. The summed E-state index contributed by atoms with van der Waals surface area (Å²) < 4.78 is 7.82. The van der Waals surface area contributed by atoms with Crippen LogP contribution in [0.15, 0.2) is 30.7 Å². The van der Waals surface area contributed by atoms with Gasteiger partial charge < -0.3 is 14.6 Å². The number of hydrogen-bond donors (Lipinski definition) is 1. The Balaban J connectivity index is 1.99. The van der Waals surface area contributed by atoms with Gasteiger partial charge in [-0.3, -0.25) is 0 Å². The van der Waals surface area contributed by atoms with Gasteiger partial charge in [-0.15, -0.1) is 0 Å². The van der Waals surface area contributed by atoms with E-state index in [0.29, 0.717) is 17.4 Å². The summed E-state index contributed by atoms with van der Waals surface area (Å²) in [4.78, 5) is 4.12. The van der Waals surface area contributed by atoms with E-state index in [1.165, 1.54) is 0 Å². The Morgan fingerprint density at radius 1 is 1.35 bits per heavy atom. The zero-order chi connectivity index (χ0) is 14.4. The SMILES string of the molecule is CCNCc1ccc(OCc2cncn2CC)c(Cl)c1. The highest BCUT2D eigenvalue weighted by molar-refractivity contribution is 6.32. The largest absolute Gasteiger partial charge is 0.486 e. The van der Waals surface area contributed by atoms with E-state index >= 15 is 0 Å². The van der Waals surface area contributed by atoms with Crippen LogP contribution in [0.25, 0.3) is 0 Å². The van der Waals surface area contributed by atoms with E-state index in [-0.39, 0.29) is 0 Å². The summed E-state index contributed by atoms with van der Waals surface area (Å²) in [5.41, 5.74) is 2.20. The highest BCUT2D eigenvalue weighted by Gasteiger charge is 2.06. The molecule has 0 saturated carbocycles. The van der Waals surface area contributed by atoms with Gasteiger partial charge in [0.25, 0.3) is 0 Å². The van der Waals surface area contributed by atoms with Crippen molar-refractivity contribution in [3.63, 3.8) is 0 Å². The van der Waals surface area contributed by atoms with Crippen LogP contribution in [-0.2, 0) is 19.7 Å². The Labute approximate surface area is 124 Å². The number of hydrogen-bond acceptors (Lipinski definition) is 3. The van der Waals surface area contributed by atoms with Crippen LogP contribution in [0.1, 0.15) is 25.1 Å². The molecule has 0 aliphatic carbocycles. The lowest BCUT2D eigenvalue weighted by atomic mass is 10.2. The molecule has 2 rings (SSSR count). The van der Waals surface area contributed by atoms with Crippen LogP contribution in [0.2, 0.25) is 5.02 Å². The molecule has 0 atom stereocenters. The quantitative estimate of drug-likeness (QED) is 0.852. The maximum absolute atomic E-state index is 6.25. The Kier molecular flexibility index (Phi) is 5.44. The number of halogens is 1. The molecular weight excluding hydrogens is 274 g/mol. The van der Waals surface area contributed by atoms with Crippen LogP contribution in [0.5, 0.6) is 5.75 Å². The lowest BCUT2D eigenvalue weighted by Crippen LogP contribution is -2.11. The summed E-state index contributed by atoms with van der Waals surface area (Å²) in [7, 11) is 0. The smallest absolute Gasteiger partial charge is 0.138 e. The predicted molar refractivity (Wildman–Crippen MR) is 81.1 cm³/mol. The van der Waals surface area contributed by atoms with Crippen molar-refractivity contribution in [1.29, 1.82) is 0 Å².